The van der Waals surface area contributed by atoms with Gasteiger partial charge in [0.25, 0.3) is 5.56 Å². The van der Waals surface area contributed by atoms with Gasteiger partial charge in [0.1, 0.15) is 6.54 Å². The molecule has 3 aromatic rings. The van der Waals surface area contributed by atoms with Gasteiger partial charge in [0, 0.05) is 34.4 Å². The first-order valence-corrected chi connectivity index (χ1v) is 9.79. The summed E-state index contributed by atoms with van der Waals surface area (Å²) in [6.07, 6.45) is 2.51. The number of aryl methyl sites for hydroxylation is 2. The SMILES string of the molecule is CCC(C)NC(=O)Cn1ncc2c(C)n(Cc3ccc(Cl)cc3)c(C)c2c1=O. The van der Waals surface area contributed by atoms with Gasteiger partial charge >= 0.3 is 0 Å². The summed E-state index contributed by atoms with van der Waals surface area (Å²) in [4.78, 5) is 25.2. The zero-order valence-corrected chi connectivity index (χ0v) is 17.4. The zero-order chi connectivity index (χ0) is 20.4. The van der Waals surface area contributed by atoms with Crippen LogP contribution in [0.5, 0.6) is 0 Å². The third-order valence-electron chi connectivity index (χ3n) is 5.17. The number of hydrogen-bond acceptors (Lipinski definition) is 3. The predicted molar refractivity (Wildman–Crippen MR) is 112 cm³/mol. The fourth-order valence-electron chi connectivity index (χ4n) is 3.33. The van der Waals surface area contributed by atoms with Gasteiger partial charge in [0.2, 0.25) is 5.91 Å². The molecule has 0 aliphatic rings. The Morgan fingerprint density at radius 1 is 1.21 bits per heavy atom. The third kappa shape index (κ3) is 3.97. The molecule has 6 nitrogen and oxygen atoms in total. The number of hydrogen-bond donors (Lipinski definition) is 1. The molecule has 7 heteroatoms. The Bertz CT molecular complexity index is 1070. The van der Waals surface area contributed by atoms with Gasteiger partial charge in [-0.15, -0.1) is 0 Å². The highest BCUT2D eigenvalue weighted by Gasteiger charge is 2.17. The van der Waals surface area contributed by atoms with Crippen LogP contribution in [0.3, 0.4) is 0 Å². The van der Waals surface area contributed by atoms with Crippen molar-refractivity contribution >= 4 is 28.3 Å². The van der Waals surface area contributed by atoms with Crippen LogP contribution < -0.4 is 10.9 Å². The topological polar surface area (TPSA) is 68.9 Å². The number of carbonyl (C=O) groups excluding carboxylic acids is 1. The summed E-state index contributed by atoms with van der Waals surface area (Å²) in [5, 5.41) is 9.21. The Kier molecular flexibility index (Phi) is 5.89. The van der Waals surface area contributed by atoms with Crippen LogP contribution >= 0.6 is 11.6 Å². The smallest absolute Gasteiger partial charge is 0.276 e. The molecule has 0 bridgehead atoms. The van der Waals surface area contributed by atoms with E-state index in [2.05, 4.69) is 15.0 Å². The van der Waals surface area contributed by atoms with Crippen molar-refractivity contribution in [3.8, 4) is 0 Å². The molecule has 1 N–H and O–H groups in total. The van der Waals surface area contributed by atoms with Gasteiger partial charge in [0.05, 0.1) is 11.6 Å². The van der Waals surface area contributed by atoms with Gasteiger partial charge in [-0.3, -0.25) is 9.59 Å². The average molecular weight is 401 g/mol. The van der Waals surface area contributed by atoms with Crippen LogP contribution in [0.2, 0.25) is 5.02 Å². The highest BCUT2D eigenvalue weighted by atomic mass is 35.5. The van der Waals surface area contributed by atoms with Crippen LogP contribution in [0.1, 0.15) is 37.2 Å². The number of rotatable bonds is 6. The lowest BCUT2D eigenvalue weighted by Crippen LogP contribution is -2.37. The third-order valence-corrected chi connectivity index (χ3v) is 5.42. The minimum absolute atomic E-state index is 0.0661. The minimum Gasteiger partial charge on any atom is -0.352 e. The number of amides is 1. The summed E-state index contributed by atoms with van der Waals surface area (Å²) in [7, 11) is 0. The highest BCUT2D eigenvalue weighted by molar-refractivity contribution is 6.30. The van der Waals surface area contributed by atoms with E-state index >= 15 is 0 Å². The molecule has 1 amide bonds. The van der Waals surface area contributed by atoms with Crippen molar-refractivity contribution in [2.75, 3.05) is 0 Å². The number of benzene rings is 1. The Labute approximate surface area is 169 Å². The zero-order valence-electron chi connectivity index (χ0n) is 16.6. The Balaban J connectivity index is 1.96. The molecule has 1 unspecified atom stereocenters. The van der Waals surface area contributed by atoms with Gasteiger partial charge in [-0.2, -0.15) is 5.10 Å². The molecule has 0 saturated heterocycles. The summed E-state index contributed by atoms with van der Waals surface area (Å²) in [5.41, 5.74) is 2.69. The second-order valence-corrected chi connectivity index (χ2v) is 7.59. The number of nitrogens with one attached hydrogen (secondary N) is 1. The van der Waals surface area contributed by atoms with Crippen molar-refractivity contribution in [3.63, 3.8) is 0 Å². The highest BCUT2D eigenvalue weighted by Crippen LogP contribution is 2.23. The normalized spacial score (nSPS) is 12.3. The molecule has 2 aromatic heterocycles. The average Bonchev–Trinajstić information content (AvgIpc) is 2.90. The van der Waals surface area contributed by atoms with Crippen molar-refractivity contribution in [1.82, 2.24) is 19.7 Å². The lowest BCUT2D eigenvalue weighted by Gasteiger charge is -2.11. The van der Waals surface area contributed by atoms with Crippen LogP contribution in [0.15, 0.2) is 35.3 Å². The molecule has 0 spiro atoms. The van der Waals surface area contributed by atoms with E-state index in [1.165, 1.54) is 4.68 Å². The van der Waals surface area contributed by atoms with Crippen LogP contribution in [-0.4, -0.2) is 26.3 Å². The van der Waals surface area contributed by atoms with Crippen molar-refractivity contribution in [3.05, 3.63) is 62.8 Å². The first-order chi connectivity index (χ1) is 13.3. The van der Waals surface area contributed by atoms with Crippen molar-refractivity contribution in [2.45, 2.75) is 53.2 Å². The maximum Gasteiger partial charge on any atom is 0.276 e. The molecule has 0 fully saturated rings. The molecule has 28 heavy (non-hydrogen) atoms. The van der Waals surface area contributed by atoms with E-state index in [1.54, 1.807) is 6.20 Å². The first-order valence-electron chi connectivity index (χ1n) is 9.41. The molecule has 0 radical (unpaired) electrons. The molecule has 0 saturated carbocycles. The number of fused-ring (bicyclic) bond motifs is 1. The molecule has 0 aliphatic heterocycles. The molecular formula is C21H25ClN4O2. The van der Waals surface area contributed by atoms with E-state index in [1.807, 2.05) is 52.0 Å². The molecule has 0 aliphatic carbocycles. The van der Waals surface area contributed by atoms with Gasteiger partial charge < -0.3 is 9.88 Å². The van der Waals surface area contributed by atoms with Crippen molar-refractivity contribution in [1.29, 1.82) is 0 Å². The Morgan fingerprint density at radius 2 is 1.89 bits per heavy atom. The first kappa shape index (κ1) is 20.1. The van der Waals surface area contributed by atoms with Crippen molar-refractivity contribution < 1.29 is 4.79 Å². The lowest BCUT2D eigenvalue weighted by molar-refractivity contribution is -0.122. The number of carbonyl (C=O) groups is 1. The fourth-order valence-corrected chi connectivity index (χ4v) is 3.45. The maximum absolute atomic E-state index is 13.0. The summed E-state index contributed by atoms with van der Waals surface area (Å²) in [6, 6.07) is 7.73. The van der Waals surface area contributed by atoms with E-state index in [0.717, 1.165) is 28.8 Å². The van der Waals surface area contributed by atoms with Crippen LogP contribution in [0, 0.1) is 13.8 Å². The van der Waals surface area contributed by atoms with E-state index in [-0.39, 0.29) is 24.1 Å². The van der Waals surface area contributed by atoms with Crippen LogP contribution in [0.25, 0.3) is 10.8 Å². The minimum atomic E-state index is -0.243. The monoisotopic (exact) mass is 400 g/mol. The summed E-state index contributed by atoms with van der Waals surface area (Å²) in [5.74, 6) is -0.210. The van der Waals surface area contributed by atoms with Crippen molar-refractivity contribution in [2.24, 2.45) is 0 Å². The fraction of sp³-hybridized carbons (Fsp3) is 0.381. The van der Waals surface area contributed by atoms with E-state index in [9.17, 15) is 9.59 Å². The Morgan fingerprint density at radius 3 is 2.54 bits per heavy atom. The van der Waals surface area contributed by atoms with Gasteiger partial charge in [-0.05, 0) is 44.9 Å². The van der Waals surface area contributed by atoms with Crippen LogP contribution in [-0.2, 0) is 17.9 Å². The Hall–Kier alpha value is -2.60. The quantitative estimate of drug-likeness (QED) is 0.689. The van der Waals surface area contributed by atoms with Gasteiger partial charge in [-0.25, -0.2) is 4.68 Å². The number of halogens is 1. The molecular weight excluding hydrogens is 376 g/mol. The standard InChI is InChI=1S/C21H25ClN4O2/c1-5-13(2)24-19(27)12-26-21(28)20-15(4)25(14(3)18(20)10-23-26)11-16-6-8-17(22)9-7-16/h6-10,13H,5,11-12H2,1-4H3,(H,24,27). The molecule has 1 atom stereocenters. The van der Waals surface area contributed by atoms with Gasteiger partial charge in [-0.1, -0.05) is 30.7 Å². The second-order valence-electron chi connectivity index (χ2n) is 7.16. The molecule has 148 valence electrons. The molecule has 3 rings (SSSR count). The summed E-state index contributed by atoms with van der Waals surface area (Å²) in [6.45, 7) is 8.39. The van der Waals surface area contributed by atoms with E-state index in [4.69, 9.17) is 11.6 Å². The lowest BCUT2D eigenvalue weighted by atomic mass is 10.2. The van der Waals surface area contributed by atoms with E-state index in [0.29, 0.717) is 17.0 Å². The molecule has 1 aromatic carbocycles. The second kappa shape index (κ2) is 8.19. The maximum atomic E-state index is 13.0. The number of aromatic nitrogens is 3. The largest absolute Gasteiger partial charge is 0.352 e. The summed E-state index contributed by atoms with van der Waals surface area (Å²) < 4.78 is 3.33. The predicted octanol–water partition coefficient (Wildman–Crippen LogP) is 3.43. The van der Waals surface area contributed by atoms with Crippen LogP contribution in [0.4, 0.5) is 0 Å². The number of nitrogens with zero attached hydrogens (tertiary/aromatic N) is 3. The van der Waals surface area contributed by atoms with E-state index < -0.39 is 0 Å². The van der Waals surface area contributed by atoms with Gasteiger partial charge in [0.15, 0.2) is 0 Å². The molecule has 2 heterocycles. The summed E-state index contributed by atoms with van der Waals surface area (Å²) >= 11 is 5.97.